The van der Waals surface area contributed by atoms with Crippen molar-refractivity contribution >= 4 is 40.1 Å². The number of amides is 2. The molecule has 22 heavy (non-hydrogen) atoms. The molecule has 0 saturated heterocycles. The Morgan fingerprint density at radius 3 is 2.50 bits per heavy atom. The molecule has 1 aromatic carbocycles. The van der Waals surface area contributed by atoms with Crippen LogP contribution in [0.5, 0.6) is 5.75 Å². The first-order valence-electron chi connectivity index (χ1n) is 6.92. The highest BCUT2D eigenvalue weighted by Gasteiger charge is 2.15. The number of hydrogen-bond acceptors (Lipinski definition) is 5. The van der Waals surface area contributed by atoms with Gasteiger partial charge in [0.25, 0.3) is 5.91 Å². The van der Waals surface area contributed by atoms with Gasteiger partial charge in [0.05, 0.1) is 18.4 Å². The van der Waals surface area contributed by atoms with E-state index in [1.165, 1.54) is 18.9 Å². The zero-order chi connectivity index (χ0) is 16.5. The van der Waals surface area contributed by atoms with Crippen LogP contribution in [0, 0.1) is 0 Å². The molecule has 0 unspecified atom stereocenters. The Morgan fingerprint density at radius 1 is 1.27 bits per heavy atom. The first kappa shape index (κ1) is 18.4. The number of rotatable bonds is 6. The number of thiocarbonyl (C=S) groups is 1. The van der Waals surface area contributed by atoms with Gasteiger partial charge in [-0.05, 0) is 26.0 Å². The first-order chi connectivity index (χ1) is 10.5. The number of nitrogens with zero attached hydrogens (tertiary/aromatic N) is 1. The standard InChI is InChI=1S/C15H20N2O3S2/c1-4-17(5-2)15(21)22-10-13(18)16-14(19)11-8-6-7-9-12(11)20-3/h6-9H,4-5,10H2,1-3H3,(H,16,18,19). The molecule has 0 radical (unpaired) electrons. The molecular weight excluding hydrogens is 320 g/mol. The van der Waals surface area contributed by atoms with Gasteiger partial charge in [0.1, 0.15) is 10.1 Å². The fourth-order valence-electron chi connectivity index (χ4n) is 1.76. The van der Waals surface area contributed by atoms with E-state index in [2.05, 4.69) is 5.32 Å². The van der Waals surface area contributed by atoms with Gasteiger partial charge in [-0.2, -0.15) is 0 Å². The van der Waals surface area contributed by atoms with Crippen molar-refractivity contribution in [2.75, 3.05) is 26.0 Å². The fraction of sp³-hybridized carbons (Fsp3) is 0.400. The van der Waals surface area contributed by atoms with Crippen molar-refractivity contribution in [2.45, 2.75) is 13.8 Å². The lowest BCUT2D eigenvalue weighted by Gasteiger charge is -2.20. The summed E-state index contributed by atoms with van der Waals surface area (Å²) in [4.78, 5) is 25.9. The molecule has 2 amide bonds. The number of methoxy groups -OCH3 is 1. The topological polar surface area (TPSA) is 58.6 Å². The minimum Gasteiger partial charge on any atom is -0.496 e. The van der Waals surface area contributed by atoms with E-state index in [9.17, 15) is 9.59 Å². The van der Waals surface area contributed by atoms with E-state index < -0.39 is 5.91 Å². The van der Waals surface area contributed by atoms with Crippen molar-refractivity contribution < 1.29 is 14.3 Å². The van der Waals surface area contributed by atoms with Crippen LogP contribution < -0.4 is 10.1 Å². The van der Waals surface area contributed by atoms with E-state index in [-0.39, 0.29) is 11.7 Å². The molecule has 1 aromatic rings. The van der Waals surface area contributed by atoms with Gasteiger partial charge in [-0.15, -0.1) is 0 Å². The van der Waals surface area contributed by atoms with E-state index in [1.54, 1.807) is 24.3 Å². The van der Waals surface area contributed by atoms with Crippen molar-refractivity contribution in [3.05, 3.63) is 29.8 Å². The molecule has 0 fully saturated rings. The summed E-state index contributed by atoms with van der Waals surface area (Å²) in [5, 5.41) is 2.34. The van der Waals surface area contributed by atoms with Gasteiger partial charge in [-0.1, -0.05) is 36.1 Å². The molecule has 0 saturated carbocycles. The van der Waals surface area contributed by atoms with Crippen molar-refractivity contribution in [3.63, 3.8) is 0 Å². The summed E-state index contributed by atoms with van der Waals surface area (Å²) in [7, 11) is 1.48. The van der Waals surface area contributed by atoms with Gasteiger partial charge in [-0.3, -0.25) is 14.9 Å². The van der Waals surface area contributed by atoms with Crippen LogP contribution in [0.25, 0.3) is 0 Å². The molecule has 0 atom stereocenters. The SMILES string of the molecule is CCN(CC)C(=S)SCC(=O)NC(=O)c1ccccc1OC. The van der Waals surface area contributed by atoms with E-state index in [0.29, 0.717) is 15.6 Å². The summed E-state index contributed by atoms with van der Waals surface area (Å²) in [5.41, 5.74) is 0.328. The van der Waals surface area contributed by atoms with Crippen LogP contribution >= 0.6 is 24.0 Å². The Bertz CT molecular complexity index is 545. The molecule has 0 heterocycles. The number of carbonyl (C=O) groups is 2. The molecular formula is C15H20N2O3S2. The van der Waals surface area contributed by atoms with Crippen LogP contribution in [-0.2, 0) is 4.79 Å². The van der Waals surface area contributed by atoms with Crippen molar-refractivity contribution in [1.82, 2.24) is 10.2 Å². The third-order valence-corrected chi connectivity index (χ3v) is 4.48. The monoisotopic (exact) mass is 340 g/mol. The average Bonchev–Trinajstić information content (AvgIpc) is 2.53. The number of ether oxygens (including phenoxy) is 1. The minimum absolute atomic E-state index is 0.107. The quantitative estimate of drug-likeness (QED) is 0.802. The maximum atomic E-state index is 12.1. The van der Waals surface area contributed by atoms with Gasteiger partial charge in [0.2, 0.25) is 5.91 Å². The lowest BCUT2D eigenvalue weighted by Crippen LogP contribution is -2.33. The highest BCUT2D eigenvalue weighted by atomic mass is 32.2. The number of imide groups is 1. The van der Waals surface area contributed by atoms with Crippen molar-refractivity contribution in [3.8, 4) is 5.75 Å². The van der Waals surface area contributed by atoms with Crippen LogP contribution in [0.4, 0.5) is 0 Å². The summed E-state index contributed by atoms with van der Waals surface area (Å²) in [6.45, 7) is 5.59. The van der Waals surface area contributed by atoms with Crippen molar-refractivity contribution in [2.24, 2.45) is 0 Å². The minimum atomic E-state index is -0.475. The Balaban J connectivity index is 2.55. The zero-order valence-corrected chi connectivity index (χ0v) is 14.6. The van der Waals surface area contributed by atoms with E-state index in [1.807, 2.05) is 18.7 Å². The normalized spacial score (nSPS) is 9.95. The predicted molar refractivity (Wildman–Crippen MR) is 93.4 cm³/mol. The van der Waals surface area contributed by atoms with Gasteiger partial charge in [0.15, 0.2) is 0 Å². The van der Waals surface area contributed by atoms with Crippen LogP contribution in [0.3, 0.4) is 0 Å². The molecule has 120 valence electrons. The number of para-hydroxylation sites is 1. The number of benzene rings is 1. The number of carbonyl (C=O) groups excluding carboxylic acids is 2. The van der Waals surface area contributed by atoms with Crippen LogP contribution in [0.2, 0.25) is 0 Å². The summed E-state index contributed by atoms with van der Waals surface area (Å²) in [6.07, 6.45) is 0. The van der Waals surface area contributed by atoms with E-state index in [4.69, 9.17) is 17.0 Å². The summed E-state index contributed by atoms with van der Waals surface area (Å²) >= 11 is 6.49. The van der Waals surface area contributed by atoms with Crippen LogP contribution in [0.1, 0.15) is 24.2 Å². The second kappa shape index (κ2) is 9.42. The molecule has 7 heteroatoms. The number of thioether (sulfide) groups is 1. The highest BCUT2D eigenvalue weighted by molar-refractivity contribution is 8.23. The maximum absolute atomic E-state index is 12.1. The molecule has 1 N–H and O–H groups in total. The number of hydrogen-bond donors (Lipinski definition) is 1. The lowest BCUT2D eigenvalue weighted by molar-refractivity contribution is -0.117. The molecule has 0 aliphatic rings. The zero-order valence-electron chi connectivity index (χ0n) is 12.9. The lowest BCUT2D eigenvalue weighted by atomic mass is 10.2. The van der Waals surface area contributed by atoms with Gasteiger partial charge >= 0.3 is 0 Å². The summed E-state index contributed by atoms with van der Waals surface area (Å²) in [6, 6.07) is 6.75. The third-order valence-electron chi connectivity index (χ3n) is 2.95. The van der Waals surface area contributed by atoms with Crippen LogP contribution in [-0.4, -0.2) is 47.0 Å². The van der Waals surface area contributed by atoms with E-state index in [0.717, 1.165) is 13.1 Å². The molecule has 1 rings (SSSR count). The third kappa shape index (κ3) is 5.31. The second-order valence-electron chi connectivity index (χ2n) is 4.30. The average molecular weight is 340 g/mol. The van der Waals surface area contributed by atoms with Gasteiger partial charge in [0, 0.05) is 13.1 Å². The Morgan fingerprint density at radius 2 is 1.91 bits per heavy atom. The second-order valence-corrected chi connectivity index (χ2v) is 5.91. The Kier molecular flexibility index (Phi) is 7.90. The maximum Gasteiger partial charge on any atom is 0.261 e. The summed E-state index contributed by atoms with van der Waals surface area (Å²) < 4.78 is 5.76. The Labute approximate surface area is 140 Å². The van der Waals surface area contributed by atoms with E-state index >= 15 is 0 Å². The largest absolute Gasteiger partial charge is 0.496 e. The predicted octanol–water partition coefficient (Wildman–Crippen LogP) is 2.31. The molecule has 0 aliphatic carbocycles. The molecule has 0 aliphatic heterocycles. The molecule has 5 nitrogen and oxygen atoms in total. The van der Waals surface area contributed by atoms with Crippen LogP contribution in [0.15, 0.2) is 24.3 Å². The van der Waals surface area contributed by atoms with Gasteiger partial charge < -0.3 is 9.64 Å². The molecule has 0 bridgehead atoms. The highest BCUT2D eigenvalue weighted by Crippen LogP contribution is 2.17. The smallest absolute Gasteiger partial charge is 0.261 e. The summed E-state index contributed by atoms with van der Waals surface area (Å²) in [5.74, 6) is -0.317. The molecule has 0 aromatic heterocycles. The van der Waals surface area contributed by atoms with Crippen molar-refractivity contribution in [1.29, 1.82) is 0 Å². The van der Waals surface area contributed by atoms with Gasteiger partial charge in [-0.25, -0.2) is 0 Å². The first-order valence-corrected chi connectivity index (χ1v) is 8.31. The molecule has 0 spiro atoms. The Hall–Kier alpha value is -1.60. The number of nitrogens with one attached hydrogen (secondary N) is 1. The fourth-order valence-corrected chi connectivity index (χ4v) is 2.97.